The Morgan fingerprint density at radius 1 is 1.19 bits per heavy atom. The maximum absolute atomic E-state index is 13.2. The normalized spacial score (nSPS) is 14.3. The van der Waals surface area contributed by atoms with Gasteiger partial charge in [-0.05, 0) is 50.1 Å². The molecule has 6 nitrogen and oxygen atoms in total. The molecule has 1 heterocycles. The molecule has 2 aromatic rings. The van der Waals surface area contributed by atoms with Crippen LogP contribution in [-0.4, -0.2) is 53.3 Å². The summed E-state index contributed by atoms with van der Waals surface area (Å²) in [7, 11) is 3.36. The van der Waals surface area contributed by atoms with E-state index in [9.17, 15) is 9.59 Å². The zero-order valence-electron chi connectivity index (χ0n) is 16.0. The first-order chi connectivity index (χ1) is 13.0. The molecule has 1 fully saturated rings. The fourth-order valence-corrected chi connectivity index (χ4v) is 2.92. The molecule has 1 unspecified atom stereocenters. The maximum atomic E-state index is 13.2. The van der Waals surface area contributed by atoms with Crippen molar-refractivity contribution < 1.29 is 14.3 Å². The number of benzene rings is 1. The van der Waals surface area contributed by atoms with Crippen molar-refractivity contribution in [2.45, 2.75) is 31.8 Å². The molecule has 1 aliphatic rings. The Bertz CT molecular complexity index is 803. The molecule has 0 saturated heterocycles. The Hall–Kier alpha value is -2.89. The van der Waals surface area contributed by atoms with Crippen LogP contribution in [0.25, 0.3) is 0 Å². The molecule has 142 valence electrons. The van der Waals surface area contributed by atoms with Crippen molar-refractivity contribution in [1.29, 1.82) is 0 Å². The van der Waals surface area contributed by atoms with E-state index < -0.39 is 0 Å². The monoisotopic (exact) mass is 367 g/mol. The van der Waals surface area contributed by atoms with Crippen LogP contribution in [-0.2, 0) is 4.79 Å². The quantitative estimate of drug-likeness (QED) is 0.755. The molecular formula is C21H25N3O3. The number of carbonyl (C=O) groups is 2. The summed E-state index contributed by atoms with van der Waals surface area (Å²) in [4.78, 5) is 32.7. The second-order valence-corrected chi connectivity index (χ2v) is 6.98. The summed E-state index contributed by atoms with van der Waals surface area (Å²) in [5.41, 5.74) is 1.43. The van der Waals surface area contributed by atoms with Gasteiger partial charge in [-0.1, -0.05) is 12.1 Å². The highest BCUT2D eigenvalue weighted by molar-refractivity contribution is 5.95. The summed E-state index contributed by atoms with van der Waals surface area (Å²) in [6.07, 6.45) is 3.77. The Kier molecular flexibility index (Phi) is 5.74. The van der Waals surface area contributed by atoms with Crippen molar-refractivity contribution in [2.24, 2.45) is 0 Å². The van der Waals surface area contributed by atoms with Crippen LogP contribution in [0.4, 0.5) is 0 Å². The van der Waals surface area contributed by atoms with Gasteiger partial charge in [-0.15, -0.1) is 0 Å². The van der Waals surface area contributed by atoms with Gasteiger partial charge in [0.05, 0.1) is 11.7 Å². The van der Waals surface area contributed by atoms with E-state index in [-0.39, 0.29) is 30.5 Å². The SMILES string of the molecule is CC(c1ccccn1)N(C(=O)c1cccc(OCC(=O)N(C)C)c1)C1CC1. The molecule has 3 rings (SSSR count). The first-order valence-corrected chi connectivity index (χ1v) is 9.14. The first-order valence-electron chi connectivity index (χ1n) is 9.14. The number of amides is 2. The fraction of sp³-hybridized carbons (Fsp3) is 0.381. The molecule has 0 spiro atoms. The van der Waals surface area contributed by atoms with Crippen molar-refractivity contribution >= 4 is 11.8 Å². The van der Waals surface area contributed by atoms with E-state index in [4.69, 9.17) is 4.74 Å². The molecule has 1 aliphatic carbocycles. The van der Waals surface area contributed by atoms with Crippen molar-refractivity contribution in [3.63, 3.8) is 0 Å². The summed E-state index contributed by atoms with van der Waals surface area (Å²) in [5.74, 6) is 0.340. The molecule has 0 N–H and O–H groups in total. The van der Waals surface area contributed by atoms with Gasteiger partial charge in [0.2, 0.25) is 0 Å². The average molecular weight is 367 g/mol. The van der Waals surface area contributed by atoms with Crippen LogP contribution < -0.4 is 4.74 Å². The van der Waals surface area contributed by atoms with E-state index in [0.717, 1.165) is 18.5 Å². The molecular weight excluding hydrogens is 342 g/mol. The second-order valence-electron chi connectivity index (χ2n) is 6.98. The number of carbonyl (C=O) groups excluding carboxylic acids is 2. The highest BCUT2D eigenvalue weighted by Gasteiger charge is 2.37. The molecule has 0 aliphatic heterocycles. The van der Waals surface area contributed by atoms with E-state index in [1.54, 1.807) is 44.6 Å². The number of rotatable bonds is 7. The third-order valence-electron chi connectivity index (χ3n) is 4.65. The average Bonchev–Trinajstić information content (AvgIpc) is 3.52. The minimum absolute atomic E-state index is 0.0416. The van der Waals surface area contributed by atoms with Gasteiger partial charge < -0.3 is 14.5 Å². The van der Waals surface area contributed by atoms with Gasteiger partial charge in [-0.2, -0.15) is 0 Å². The van der Waals surface area contributed by atoms with Gasteiger partial charge in [0.15, 0.2) is 6.61 Å². The number of nitrogens with zero attached hydrogens (tertiary/aromatic N) is 3. The highest BCUT2D eigenvalue weighted by atomic mass is 16.5. The van der Waals surface area contributed by atoms with Gasteiger partial charge in [0.1, 0.15) is 5.75 Å². The van der Waals surface area contributed by atoms with Gasteiger partial charge >= 0.3 is 0 Å². The zero-order valence-corrected chi connectivity index (χ0v) is 16.0. The van der Waals surface area contributed by atoms with E-state index in [1.165, 1.54) is 4.90 Å². The molecule has 1 aromatic heterocycles. The Labute approximate surface area is 159 Å². The number of hydrogen-bond donors (Lipinski definition) is 0. The fourth-order valence-electron chi connectivity index (χ4n) is 2.92. The lowest BCUT2D eigenvalue weighted by molar-refractivity contribution is -0.130. The summed E-state index contributed by atoms with van der Waals surface area (Å²) < 4.78 is 5.55. The number of ether oxygens (including phenoxy) is 1. The summed E-state index contributed by atoms with van der Waals surface area (Å²) in [6, 6.07) is 12.9. The zero-order chi connectivity index (χ0) is 19.4. The summed E-state index contributed by atoms with van der Waals surface area (Å²) in [6.45, 7) is 1.95. The van der Waals surface area contributed by atoms with E-state index in [1.807, 2.05) is 30.0 Å². The van der Waals surface area contributed by atoms with Crippen molar-refractivity contribution in [1.82, 2.24) is 14.8 Å². The minimum Gasteiger partial charge on any atom is -0.484 e. The smallest absolute Gasteiger partial charge is 0.259 e. The third-order valence-corrected chi connectivity index (χ3v) is 4.65. The predicted molar refractivity (Wildman–Crippen MR) is 102 cm³/mol. The predicted octanol–water partition coefficient (Wildman–Crippen LogP) is 2.91. The van der Waals surface area contributed by atoms with Gasteiger partial charge in [-0.3, -0.25) is 14.6 Å². The number of hydrogen-bond acceptors (Lipinski definition) is 4. The summed E-state index contributed by atoms with van der Waals surface area (Å²) >= 11 is 0. The lowest BCUT2D eigenvalue weighted by Gasteiger charge is -2.29. The molecule has 1 aromatic carbocycles. The Morgan fingerprint density at radius 3 is 2.59 bits per heavy atom. The molecule has 27 heavy (non-hydrogen) atoms. The molecule has 0 radical (unpaired) electrons. The second kappa shape index (κ2) is 8.20. The van der Waals surface area contributed by atoms with Crippen LogP contribution in [0.3, 0.4) is 0 Å². The van der Waals surface area contributed by atoms with Crippen molar-refractivity contribution in [3.8, 4) is 5.75 Å². The van der Waals surface area contributed by atoms with Crippen LogP contribution in [0, 0.1) is 0 Å². The van der Waals surface area contributed by atoms with Crippen molar-refractivity contribution in [3.05, 3.63) is 59.9 Å². The molecule has 6 heteroatoms. The first kappa shape index (κ1) is 18.9. The maximum Gasteiger partial charge on any atom is 0.259 e. The van der Waals surface area contributed by atoms with Crippen LogP contribution in [0.2, 0.25) is 0 Å². The van der Waals surface area contributed by atoms with E-state index in [0.29, 0.717) is 11.3 Å². The van der Waals surface area contributed by atoms with Crippen LogP contribution in [0.5, 0.6) is 5.75 Å². The highest BCUT2D eigenvalue weighted by Crippen LogP contribution is 2.35. The Balaban J connectivity index is 1.77. The van der Waals surface area contributed by atoms with Gasteiger partial charge in [0.25, 0.3) is 11.8 Å². The van der Waals surface area contributed by atoms with E-state index >= 15 is 0 Å². The Morgan fingerprint density at radius 2 is 1.96 bits per heavy atom. The number of aromatic nitrogens is 1. The van der Waals surface area contributed by atoms with Gasteiger partial charge in [0, 0.05) is 31.9 Å². The van der Waals surface area contributed by atoms with E-state index in [2.05, 4.69) is 4.98 Å². The van der Waals surface area contributed by atoms with Crippen LogP contribution in [0.15, 0.2) is 48.7 Å². The lowest BCUT2D eigenvalue weighted by atomic mass is 10.1. The largest absolute Gasteiger partial charge is 0.484 e. The molecule has 0 bridgehead atoms. The number of pyridine rings is 1. The molecule has 1 saturated carbocycles. The molecule has 2 amide bonds. The third kappa shape index (κ3) is 4.64. The standard InChI is InChI=1S/C21H25N3O3/c1-15(19-9-4-5-12-22-19)24(17-10-11-17)21(26)16-7-6-8-18(13-16)27-14-20(25)23(2)3/h4-9,12-13,15,17H,10-11,14H2,1-3H3. The van der Waals surface area contributed by atoms with Crippen LogP contribution >= 0.6 is 0 Å². The summed E-state index contributed by atoms with van der Waals surface area (Å²) in [5, 5.41) is 0. The molecule has 1 atom stereocenters. The van der Waals surface area contributed by atoms with Gasteiger partial charge in [-0.25, -0.2) is 0 Å². The number of likely N-dealkylation sites (N-methyl/N-ethyl adjacent to an activating group) is 1. The topological polar surface area (TPSA) is 62.7 Å². The lowest BCUT2D eigenvalue weighted by Crippen LogP contribution is -2.36. The van der Waals surface area contributed by atoms with Crippen molar-refractivity contribution in [2.75, 3.05) is 20.7 Å². The van der Waals surface area contributed by atoms with Crippen LogP contribution in [0.1, 0.15) is 41.9 Å². The minimum atomic E-state index is -0.130.